The van der Waals surface area contributed by atoms with E-state index in [1.807, 2.05) is 50.1 Å². The van der Waals surface area contributed by atoms with Crippen LogP contribution in [0.2, 0.25) is 0 Å². The topological polar surface area (TPSA) is 99.0 Å². The molecule has 0 aromatic heterocycles. The van der Waals surface area contributed by atoms with E-state index in [0.29, 0.717) is 0 Å². The van der Waals surface area contributed by atoms with Crippen LogP contribution in [0.15, 0.2) is 54.2 Å². The zero-order valence-corrected chi connectivity index (χ0v) is 17.2. The molecule has 156 valence electrons. The summed E-state index contributed by atoms with van der Waals surface area (Å²) < 4.78 is 9.98. The minimum atomic E-state index is -0.824. The van der Waals surface area contributed by atoms with E-state index < -0.39 is 17.5 Å². The molecule has 0 aliphatic carbocycles. The number of ether oxygens (including phenoxy) is 2. The molecule has 3 rings (SSSR count). The first-order chi connectivity index (χ1) is 14.2. The molecule has 2 aromatic carbocycles. The van der Waals surface area contributed by atoms with E-state index in [9.17, 15) is 19.7 Å². The highest BCUT2D eigenvalue weighted by molar-refractivity contribution is 5.97. The molecule has 0 N–H and O–H groups in total. The molecule has 0 atom stereocenters. The predicted octanol–water partition coefficient (Wildman–Crippen LogP) is 3.64. The van der Waals surface area contributed by atoms with E-state index in [2.05, 4.69) is 0 Å². The van der Waals surface area contributed by atoms with Crippen LogP contribution in [-0.2, 0) is 14.9 Å². The quantitative estimate of drug-likeness (QED) is 0.310. The molecule has 1 heterocycles. The highest BCUT2D eigenvalue weighted by Crippen LogP contribution is 2.46. The number of ketones is 1. The van der Waals surface area contributed by atoms with Gasteiger partial charge in [-0.2, -0.15) is 0 Å². The molecule has 0 saturated heterocycles. The number of esters is 1. The number of para-hydroxylation sites is 1. The summed E-state index contributed by atoms with van der Waals surface area (Å²) in [4.78, 5) is 37.1. The molecule has 0 bridgehead atoms. The Hall–Kier alpha value is -3.68. The van der Waals surface area contributed by atoms with E-state index >= 15 is 0 Å². The van der Waals surface area contributed by atoms with Crippen LogP contribution in [0.1, 0.15) is 29.8 Å². The third-order valence-electron chi connectivity index (χ3n) is 5.19. The van der Waals surface area contributed by atoms with Crippen LogP contribution in [0.25, 0.3) is 0 Å². The van der Waals surface area contributed by atoms with Crippen LogP contribution in [0.5, 0.6) is 5.75 Å². The summed E-state index contributed by atoms with van der Waals surface area (Å²) in [6, 6.07) is 11.6. The van der Waals surface area contributed by atoms with E-state index in [-0.39, 0.29) is 28.2 Å². The number of nitrogens with zero attached hydrogens (tertiary/aromatic N) is 2. The van der Waals surface area contributed by atoms with Gasteiger partial charge in [0, 0.05) is 36.0 Å². The monoisotopic (exact) mass is 410 g/mol. The summed E-state index contributed by atoms with van der Waals surface area (Å²) >= 11 is 0. The van der Waals surface area contributed by atoms with Crippen molar-refractivity contribution >= 4 is 23.1 Å². The third kappa shape index (κ3) is 3.76. The number of nitro groups is 1. The second-order valence-corrected chi connectivity index (χ2v) is 7.42. The Morgan fingerprint density at radius 1 is 1.20 bits per heavy atom. The Labute approximate surface area is 173 Å². The van der Waals surface area contributed by atoms with Crippen molar-refractivity contribution in [1.29, 1.82) is 0 Å². The minimum Gasteiger partial charge on any atom is -0.490 e. The zero-order chi connectivity index (χ0) is 22.1. The van der Waals surface area contributed by atoms with E-state index in [4.69, 9.17) is 9.47 Å². The van der Waals surface area contributed by atoms with Gasteiger partial charge in [0.1, 0.15) is 0 Å². The van der Waals surface area contributed by atoms with Crippen LogP contribution >= 0.6 is 0 Å². The standard InChI is InChI=1S/C22H22N2O6/c1-22(2)16-7-5-6-8-17(16)23(3)20(22)12-15(25)13-30-21(26)14-9-10-19(29-4)18(11-14)24(27)28/h5-12H,13H2,1-4H3. The molecular weight excluding hydrogens is 388 g/mol. The van der Waals surface area contributed by atoms with Crippen LogP contribution in [0, 0.1) is 10.1 Å². The summed E-state index contributed by atoms with van der Waals surface area (Å²) in [5.41, 5.74) is 2.16. The van der Waals surface area contributed by atoms with Gasteiger partial charge in [-0.05, 0) is 23.8 Å². The molecule has 1 aliphatic heterocycles. The molecule has 0 radical (unpaired) electrons. The molecule has 0 fully saturated rings. The fourth-order valence-corrected chi connectivity index (χ4v) is 3.63. The molecule has 1 aliphatic rings. The molecular formula is C22H22N2O6. The van der Waals surface area contributed by atoms with Crippen molar-refractivity contribution in [2.75, 3.05) is 25.7 Å². The summed E-state index contributed by atoms with van der Waals surface area (Å²) in [7, 11) is 3.18. The van der Waals surface area contributed by atoms with E-state index in [0.717, 1.165) is 23.0 Å². The van der Waals surface area contributed by atoms with Gasteiger partial charge in [0.15, 0.2) is 18.1 Å². The van der Waals surface area contributed by atoms with Gasteiger partial charge in [-0.15, -0.1) is 0 Å². The molecule has 0 amide bonds. The van der Waals surface area contributed by atoms with Crippen molar-refractivity contribution < 1.29 is 24.0 Å². The van der Waals surface area contributed by atoms with Crippen molar-refractivity contribution in [3.8, 4) is 5.75 Å². The van der Waals surface area contributed by atoms with Crippen LogP contribution in [-0.4, -0.2) is 37.4 Å². The number of methoxy groups -OCH3 is 1. The lowest BCUT2D eigenvalue weighted by Gasteiger charge is -2.23. The average Bonchev–Trinajstić information content (AvgIpc) is 2.92. The first kappa shape index (κ1) is 21.0. The maximum atomic E-state index is 12.5. The maximum absolute atomic E-state index is 12.5. The van der Waals surface area contributed by atoms with Crippen LogP contribution in [0.4, 0.5) is 11.4 Å². The van der Waals surface area contributed by atoms with Crippen LogP contribution in [0.3, 0.4) is 0 Å². The number of fused-ring (bicyclic) bond motifs is 1. The molecule has 8 heteroatoms. The summed E-state index contributed by atoms with van der Waals surface area (Å²) in [5.74, 6) is -1.17. The largest absolute Gasteiger partial charge is 0.490 e. The van der Waals surface area contributed by atoms with Gasteiger partial charge in [0.2, 0.25) is 0 Å². The lowest BCUT2D eigenvalue weighted by atomic mass is 9.83. The predicted molar refractivity (Wildman–Crippen MR) is 111 cm³/mol. The fourth-order valence-electron chi connectivity index (χ4n) is 3.63. The SMILES string of the molecule is COc1ccc(C(=O)OCC(=O)C=C2N(C)c3ccccc3C2(C)C)cc1[N+](=O)[O-]. The highest BCUT2D eigenvalue weighted by Gasteiger charge is 2.38. The normalized spacial score (nSPS) is 15.6. The number of carbonyl (C=O) groups is 2. The number of hydrogen-bond acceptors (Lipinski definition) is 7. The Balaban J connectivity index is 1.73. The molecule has 30 heavy (non-hydrogen) atoms. The van der Waals surface area contributed by atoms with Gasteiger partial charge in [0.25, 0.3) is 0 Å². The van der Waals surface area contributed by atoms with Gasteiger partial charge < -0.3 is 14.4 Å². The van der Waals surface area contributed by atoms with Gasteiger partial charge >= 0.3 is 11.7 Å². The smallest absolute Gasteiger partial charge is 0.338 e. The van der Waals surface area contributed by atoms with Crippen molar-refractivity contribution in [3.05, 3.63) is 75.5 Å². The van der Waals surface area contributed by atoms with Crippen molar-refractivity contribution in [2.45, 2.75) is 19.3 Å². The first-order valence-electron chi connectivity index (χ1n) is 9.24. The summed E-state index contributed by atoms with van der Waals surface area (Å²) in [6.45, 7) is 3.58. The number of hydrogen-bond donors (Lipinski definition) is 0. The lowest BCUT2D eigenvalue weighted by Crippen LogP contribution is -2.25. The van der Waals surface area contributed by atoms with Gasteiger partial charge in [-0.3, -0.25) is 14.9 Å². The summed E-state index contributed by atoms with van der Waals surface area (Å²) in [6.07, 6.45) is 1.48. The number of nitro benzene ring substituents is 1. The zero-order valence-electron chi connectivity index (χ0n) is 17.2. The van der Waals surface area contributed by atoms with Crippen LogP contribution < -0.4 is 9.64 Å². The highest BCUT2D eigenvalue weighted by atomic mass is 16.6. The number of rotatable bonds is 6. The second kappa shape index (κ2) is 7.98. The number of carbonyl (C=O) groups excluding carboxylic acids is 2. The Morgan fingerprint density at radius 3 is 2.53 bits per heavy atom. The maximum Gasteiger partial charge on any atom is 0.338 e. The number of anilines is 1. The van der Waals surface area contributed by atoms with Gasteiger partial charge in [-0.25, -0.2) is 4.79 Å². The summed E-state index contributed by atoms with van der Waals surface area (Å²) in [5, 5.41) is 11.1. The first-order valence-corrected chi connectivity index (χ1v) is 9.24. The number of benzene rings is 2. The van der Waals surface area contributed by atoms with Crippen molar-refractivity contribution in [1.82, 2.24) is 0 Å². The molecule has 0 unspecified atom stereocenters. The fraction of sp³-hybridized carbons (Fsp3) is 0.273. The van der Waals surface area contributed by atoms with E-state index in [1.165, 1.54) is 25.3 Å². The molecule has 0 spiro atoms. The molecule has 0 saturated carbocycles. The Kier molecular flexibility index (Phi) is 5.60. The second-order valence-electron chi connectivity index (χ2n) is 7.42. The van der Waals surface area contributed by atoms with E-state index in [1.54, 1.807) is 0 Å². The Morgan fingerprint density at radius 2 is 1.90 bits per heavy atom. The number of allylic oxidation sites excluding steroid dienone is 1. The Bertz CT molecular complexity index is 1060. The average molecular weight is 410 g/mol. The van der Waals surface area contributed by atoms with Gasteiger partial charge in [-0.1, -0.05) is 32.0 Å². The van der Waals surface area contributed by atoms with Gasteiger partial charge in [0.05, 0.1) is 17.6 Å². The lowest BCUT2D eigenvalue weighted by molar-refractivity contribution is -0.385. The minimum absolute atomic E-state index is 0.0310. The van der Waals surface area contributed by atoms with Crippen molar-refractivity contribution in [3.63, 3.8) is 0 Å². The van der Waals surface area contributed by atoms with Crippen molar-refractivity contribution in [2.24, 2.45) is 0 Å². The number of likely N-dealkylation sites (N-methyl/N-ethyl adjacent to an activating group) is 1. The third-order valence-corrected chi connectivity index (χ3v) is 5.19. The molecule has 8 nitrogen and oxygen atoms in total. The molecule has 2 aromatic rings.